The molecule has 1 aromatic carbocycles. The Hall–Kier alpha value is -1.18. The van der Waals surface area contributed by atoms with Crippen molar-refractivity contribution in [2.45, 2.75) is 43.5 Å². The molecule has 1 aromatic rings. The third-order valence-corrected chi connectivity index (χ3v) is 8.44. The summed E-state index contributed by atoms with van der Waals surface area (Å²) in [5, 5.41) is 0. The van der Waals surface area contributed by atoms with E-state index in [1.54, 1.807) is 31.2 Å². The average molecular weight is 372 g/mol. The number of hydrogen-bond donors (Lipinski definition) is 0. The van der Waals surface area contributed by atoms with Gasteiger partial charge < -0.3 is 0 Å². The van der Waals surface area contributed by atoms with Crippen LogP contribution in [0.3, 0.4) is 0 Å². The molecular weight excluding hydrogens is 346 g/mol. The fraction of sp³-hybridized carbons (Fsp3) is 0.529. The minimum absolute atomic E-state index is 0.0128. The second-order valence-electron chi connectivity index (χ2n) is 6.89. The van der Waals surface area contributed by atoms with Crippen LogP contribution in [0.5, 0.6) is 0 Å². The molecule has 0 aromatic heterocycles. The van der Waals surface area contributed by atoms with Crippen molar-refractivity contribution >= 4 is 19.9 Å². The largest absolute Gasteiger partial charge is 0.243 e. The van der Waals surface area contributed by atoms with Crippen molar-refractivity contribution in [2.75, 3.05) is 18.1 Å². The number of rotatable bonds is 6. The zero-order valence-electron chi connectivity index (χ0n) is 14.4. The summed E-state index contributed by atoms with van der Waals surface area (Å²) < 4.78 is 51.2. The first-order chi connectivity index (χ1) is 11.0. The van der Waals surface area contributed by atoms with Crippen LogP contribution in [0.2, 0.25) is 0 Å². The van der Waals surface area contributed by atoms with Crippen molar-refractivity contribution in [2.24, 2.45) is 0 Å². The highest BCUT2D eigenvalue weighted by atomic mass is 32.2. The average Bonchev–Trinajstić information content (AvgIpc) is 2.79. The number of sulfonamides is 1. The standard InChI is InChI=1S/C17H25NO4S2/c1-5-11-18(17(4)10-12-23(19,20)13-17)24(21,22)16-8-6-15(7-9-16)14(2)3/h5-9,14H,1,10-13H2,2-4H3/t17-/m0/s1. The maximum absolute atomic E-state index is 13.1. The van der Waals surface area contributed by atoms with E-state index in [1.807, 2.05) is 13.8 Å². The number of benzene rings is 1. The van der Waals surface area contributed by atoms with E-state index in [0.717, 1.165) is 5.56 Å². The Morgan fingerprint density at radius 1 is 1.29 bits per heavy atom. The van der Waals surface area contributed by atoms with Crippen molar-refractivity contribution in [3.8, 4) is 0 Å². The highest BCUT2D eigenvalue weighted by Crippen LogP contribution is 2.34. The van der Waals surface area contributed by atoms with Gasteiger partial charge in [0.25, 0.3) is 0 Å². The quantitative estimate of drug-likeness (QED) is 0.721. The maximum Gasteiger partial charge on any atom is 0.243 e. The first-order valence-corrected chi connectivity index (χ1v) is 11.2. The molecule has 5 nitrogen and oxygen atoms in total. The van der Waals surface area contributed by atoms with E-state index in [4.69, 9.17) is 0 Å². The normalized spacial score (nSPS) is 23.7. The fourth-order valence-corrected chi connectivity index (χ4v) is 7.06. The van der Waals surface area contributed by atoms with Crippen LogP contribution in [0.15, 0.2) is 41.8 Å². The number of hydrogen-bond acceptors (Lipinski definition) is 4. The molecule has 1 aliphatic rings. The van der Waals surface area contributed by atoms with Crippen molar-refractivity contribution in [1.29, 1.82) is 0 Å². The Kier molecular flexibility index (Phi) is 5.28. The summed E-state index contributed by atoms with van der Waals surface area (Å²) in [5.74, 6) is 0.166. The monoisotopic (exact) mass is 371 g/mol. The van der Waals surface area contributed by atoms with E-state index in [0.29, 0.717) is 12.3 Å². The summed E-state index contributed by atoms with van der Waals surface area (Å²) in [6.45, 7) is 9.49. The molecule has 1 heterocycles. The second kappa shape index (κ2) is 6.61. The molecule has 1 saturated heterocycles. The lowest BCUT2D eigenvalue weighted by molar-refractivity contribution is 0.252. The highest BCUT2D eigenvalue weighted by molar-refractivity contribution is 7.92. The minimum atomic E-state index is -3.80. The Morgan fingerprint density at radius 2 is 1.88 bits per heavy atom. The van der Waals surface area contributed by atoms with Gasteiger partial charge in [-0.1, -0.05) is 32.1 Å². The molecule has 1 fully saturated rings. The van der Waals surface area contributed by atoms with Crippen LogP contribution >= 0.6 is 0 Å². The summed E-state index contributed by atoms with van der Waals surface area (Å²) in [6, 6.07) is 6.79. The van der Waals surface area contributed by atoms with E-state index in [2.05, 4.69) is 6.58 Å². The zero-order chi connectivity index (χ0) is 18.2. The lowest BCUT2D eigenvalue weighted by Gasteiger charge is -2.35. The van der Waals surface area contributed by atoms with Crippen LogP contribution in [0.25, 0.3) is 0 Å². The molecule has 0 spiro atoms. The molecule has 0 saturated carbocycles. The number of sulfone groups is 1. The molecule has 134 valence electrons. The fourth-order valence-electron chi connectivity index (χ4n) is 3.07. The highest BCUT2D eigenvalue weighted by Gasteiger charge is 2.47. The van der Waals surface area contributed by atoms with Crippen molar-refractivity contribution < 1.29 is 16.8 Å². The zero-order valence-corrected chi connectivity index (χ0v) is 16.0. The lowest BCUT2D eigenvalue weighted by Crippen LogP contribution is -2.50. The third kappa shape index (κ3) is 3.73. The van der Waals surface area contributed by atoms with Gasteiger partial charge in [-0.3, -0.25) is 0 Å². The van der Waals surface area contributed by atoms with Crippen LogP contribution in [0.1, 0.15) is 38.7 Å². The molecule has 1 aliphatic heterocycles. The maximum atomic E-state index is 13.1. The molecule has 0 radical (unpaired) electrons. The molecule has 0 bridgehead atoms. The van der Waals surface area contributed by atoms with Gasteiger partial charge in [-0.05, 0) is 37.0 Å². The summed E-state index contributed by atoms with van der Waals surface area (Å²) in [4.78, 5) is 0.180. The smallest absolute Gasteiger partial charge is 0.229 e. The molecule has 0 unspecified atom stereocenters. The summed E-state index contributed by atoms with van der Waals surface area (Å²) in [5.41, 5.74) is 0.113. The van der Waals surface area contributed by atoms with Crippen LogP contribution in [-0.2, 0) is 19.9 Å². The van der Waals surface area contributed by atoms with Crippen molar-refractivity contribution in [3.63, 3.8) is 0 Å². The van der Waals surface area contributed by atoms with Crippen LogP contribution in [0, 0.1) is 0 Å². The summed E-state index contributed by atoms with van der Waals surface area (Å²) >= 11 is 0. The molecule has 24 heavy (non-hydrogen) atoms. The van der Waals surface area contributed by atoms with Gasteiger partial charge in [-0.25, -0.2) is 16.8 Å². The van der Waals surface area contributed by atoms with E-state index in [-0.39, 0.29) is 22.9 Å². The first kappa shape index (κ1) is 19.1. The van der Waals surface area contributed by atoms with Crippen LogP contribution in [-0.4, -0.2) is 44.7 Å². The van der Waals surface area contributed by atoms with E-state index in [9.17, 15) is 16.8 Å². The predicted molar refractivity (Wildman–Crippen MR) is 96.3 cm³/mol. The van der Waals surface area contributed by atoms with Crippen LogP contribution < -0.4 is 0 Å². The van der Waals surface area contributed by atoms with Crippen molar-refractivity contribution in [1.82, 2.24) is 4.31 Å². The van der Waals surface area contributed by atoms with Gasteiger partial charge in [0, 0.05) is 12.1 Å². The van der Waals surface area contributed by atoms with Gasteiger partial charge in [-0.15, -0.1) is 6.58 Å². The lowest BCUT2D eigenvalue weighted by atomic mass is 10.0. The Bertz CT molecular complexity index is 811. The number of nitrogens with zero attached hydrogens (tertiary/aromatic N) is 1. The van der Waals surface area contributed by atoms with Gasteiger partial charge >= 0.3 is 0 Å². The predicted octanol–water partition coefficient (Wildman–Crippen LogP) is 2.56. The Balaban J connectivity index is 2.44. The third-order valence-electron chi connectivity index (χ3n) is 4.51. The van der Waals surface area contributed by atoms with Gasteiger partial charge in [0.1, 0.15) is 0 Å². The van der Waals surface area contributed by atoms with Crippen LogP contribution in [0.4, 0.5) is 0 Å². The molecule has 0 aliphatic carbocycles. The van der Waals surface area contributed by atoms with E-state index in [1.165, 1.54) is 10.4 Å². The Morgan fingerprint density at radius 3 is 2.29 bits per heavy atom. The van der Waals surface area contributed by atoms with Gasteiger partial charge in [0.15, 0.2) is 9.84 Å². The summed E-state index contributed by atoms with van der Waals surface area (Å²) in [7, 11) is -7.02. The van der Waals surface area contributed by atoms with Gasteiger partial charge in [-0.2, -0.15) is 4.31 Å². The molecular formula is C17H25NO4S2. The topological polar surface area (TPSA) is 71.5 Å². The van der Waals surface area contributed by atoms with E-state index >= 15 is 0 Å². The first-order valence-electron chi connectivity index (χ1n) is 7.96. The SMILES string of the molecule is C=CCN([C@@]1(C)CCS(=O)(=O)C1)S(=O)(=O)c1ccc(C(C)C)cc1. The molecule has 0 amide bonds. The summed E-state index contributed by atoms with van der Waals surface area (Å²) in [6.07, 6.45) is 1.79. The Labute approximate surface area is 145 Å². The molecule has 0 N–H and O–H groups in total. The van der Waals surface area contributed by atoms with E-state index < -0.39 is 25.4 Å². The molecule has 2 rings (SSSR count). The van der Waals surface area contributed by atoms with Gasteiger partial charge in [0.05, 0.1) is 16.4 Å². The van der Waals surface area contributed by atoms with Crippen molar-refractivity contribution in [3.05, 3.63) is 42.5 Å². The van der Waals surface area contributed by atoms with Gasteiger partial charge in [0.2, 0.25) is 10.0 Å². The molecule has 7 heteroatoms. The minimum Gasteiger partial charge on any atom is -0.229 e. The second-order valence-corrected chi connectivity index (χ2v) is 10.9. The molecule has 1 atom stereocenters.